The molecule has 1 aliphatic carbocycles. The number of hydrogen-bond donors (Lipinski definition) is 1. The van der Waals surface area contributed by atoms with Gasteiger partial charge in [0.15, 0.2) is 0 Å². The summed E-state index contributed by atoms with van der Waals surface area (Å²) in [7, 11) is 0. The molecule has 23 heavy (non-hydrogen) atoms. The lowest BCUT2D eigenvalue weighted by Gasteiger charge is -2.19. The zero-order chi connectivity index (χ0) is 15.6. The number of aromatic nitrogens is 3. The summed E-state index contributed by atoms with van der Waals surface area (Å²) >= 11 is 1.78. The Morgan fingerprint density at radius 1 is 1.17 bits per heavy atom. The van der Waals surface area contributed by atoms with Crippen molar-refractivity contribution in [1.29, 1.82) is 0 Å². The number of hydrogen-bond acceptors (Lipinski definition) is 5. The summed E-state index contributed by atoms with van der Waals surface area (Å²) in [4.78, 5) is 19.6. The molecule has 1 N–H and O–H groups in total. The van der Waals surface area contributed by atoms with Crippen LogP contribution in [0.3, 0.4) is 0 Å². The summed E-state index contributed by atoms with van der Waals surface area (Å²) < 4.78 is 5.39. The topological polar surface area (TPSA) is 71.8 Å². The molecule has 0 unspecified atom stereocenters. The molecule has 0 saturated heterocycles. The number of nitrogens with zero attached hydrogens (tertiary/aromatic N) is 2. The first-order chi connectivity index (χ1) is 11.3. The number of pyridine rings is 1. The number of H-pyrrole nitrogens is 1. The molecule has 4 rings (SSSR count). The predicted molar refractivity (Wildman–Crippen MR) is 89.5 cm³/mol. The smallest absolute Gasteiger partial charge is 0.259 e. The van der Waals surface area contributed by atoms with Crippen LogP contribution in [0.2, 0.25) is 0 Å². The molecule has 0 radical (unpaired) electrons. The van der Waals surface area contributed by atoms with E-state index in [0.29, 0.717) is 17.6 Å². The number of thiophene rings is 1. The van der Waals surface area contributed by atoms with Crippen LogP contribution in [0.15, 0.2) is 39.1 Å². The molecule has 6 heteroatoms. The molecule has 1 saturated carbocycles. The van der Waals surface area contributed by atoms with Gasteiger partial charge in [-0.15, -0.1) is 11.3 Å². The van der Waals surface area contributed by atoms with Gasteiger partial charge in [0.25, 0.3) is 5.89 Å². The predicted octanol–water partition coefficient (Wildman–Crippen LogP) is 4.20. The molecule has 0 atom stereocenters. The highest BCUT2D eigenvalue weighted by Gasteiger charge is 2.19. The van der Waals surface area contributed by atoms with Gasteiger partial charge >= 0.3 is 0 Å². The standard InChI is InChI=1S/C17H17N3O2S/c21-15-7-6-12(9-18-15)16-19-17(22-20-16)13-8-14(23-10-13)11-4-2-1-3-5-11/h6-11H,1-5H2,(H,18,21). The second-order valence-electron chi connectivity index (χ2n) is 5.94. The minimum absolute atomic E-state index is 0.146. The molecule has 0 amide bonds. The summed E-state index contributed by atoms with van der Waals surface area (Å²) in [5.74, 6) is 1.70. The molecule has 0 aliphatic heterocycles. The van der Waals surface area contributed by atoms with Crippen molar-refractivity contribution in [3.63, 3.8) is 0 Å². The molecule has 1 aliphatic rings. The van der Waals surface area contributed by atoms with Crippen LogP contribution in [0.25, 0.3) is 22.8 Å². The van der Waals surface area contributed by atoms with Crippen molar-refractivity contribution in [3.8, 4) is 22.8 Å². The quantitative estimate of drug-likeness (QED) is 0.782. The van der Waals surface area contributed by atoms with Crippen molar-refractivity contribution in [2.45, 2.75) is 38.0 Å². The highest BCUT2D eigenvalue weighted by atomic mass is 32.1. The molecule has 0 bridgehead atoms. The monoisotopic (exact) mass is 327 g/mol. The third-order valence-electron chi connectivity index (χ3n) is 4.34. The van der Waals surface area contributed by atoms with Gasteiger partial charge in [0.1, 0.15) is 0 Å². The number of nitrogens with one attached hydrogen (secondary N) is 1. The molecule has 3 aromatic heterocycles. The van der Waals surface area contributed by atoms with E-state index in [2.05, 4.69) is 26.6 Å². The van der Waals surface area contributed by atoms with Crippen molar-refractivity contribution in [2.24, 2.45) is 0 Å². The normalized spacial score (nSPS) is 15.8. The molecular formula is C17H17N3O2S. The van der Waals surface area contributed by atoms with Gasteiger partial charge in [-0.1, -0.05) is 24.4 Å². The van der Waals surface area contributed by atoms with Gasteiger partial charge in [-0.05, 0) is 30.9 Å². The number of aromatic amines is 1. The van der Waals surface area contributed by atoms with E-state index in [-0.39, 0.29) is 5.56 Å². The van der Waals surface area contributed by atoms with Gasteiger partial charge in [0.05, 0.1) is 5.56 Å². The summed E-state index contributed by atoms with van der Waals surface area (Å²) in [6.07, 6.45) is 8.18. The lowest BCUT2D eigenvalue weighted by molar-refractivity contribution is 0.432. The van der Waals surface area contributed by atoms with Crippen LogP contribution in [0.4, 0.5) is 0 Å². The maximum absolute atomic E-state index is 11.1. The van der Waals surface area contributed by atoms with Gasteiger partial charge in [-0.3, -0.25) is 4.79 Å². The minimum atomic E-state index is -0.146. The largest absolute Gasteiger partial charge is 0.334 e. The van der Waals surface area contributed by atoms with Crippen molar-refractivity contribution >= 4 is 11.3 Å². The fourth-order valence-corrected chi connectivity index (χ4v) is 4.13. The zero-order valence-corrected chi connectivity index (χ0v) is 13.4. The van der Waals surface area contributed by atoms with Gasteiger partial charge < -0.3 is 9.51 Å². The van der Waals surface area contributed by atoms with Gasteiger partial charge in [-0.2, -0.15) is 4.98 Å². The third kappa shape index (κ3) is 2.99. The van der Waals surface area contributed by atoms with Crippen LogP contribution in [0.5, 0.6) is 0 Å². The molecular weight excluding hydrogens is 310 g/mol. The summed E-state index contributed by atoms with van der Waals surface area (Å²) in [6.45, 7) is 0. The first-order valence-electron chi connectivity index (χ1n) is 7.91. The third-order valence-corrected chi connectivity index (χ3v) is 5.44. The van der Waals surface area contributed by atoms with Gasteiger partial charge in [0, 0.05) is 28.1 Å². The van der Waals surface area contributed by atoms with Crippen molar-refractivity contribution in [3.05, 3.63) is 45.0 Å². The Bertz CT molecular complexity index is 838. The first-order valence-corrected chi connectivity index (χ1v) is 8.79. The summed E-state index contributed by atoms with van der Waals surface area (Å²) in [6, 6.07) is 5.33. The van der Waals surface area contributed by atoms with Crippen molar-refractivity contribution < 1.29 is 4.52 Å². The van der Waals surface area contributed by atoms with Crippen LogP contribution in [-0.2, 0) is 0 Å². The SMILES string of the molecule is O=c1ccc(-c2noc(-c3csc(C4CCCCC4)c3)n2)c[nH]1. The molecule has 3 heterocycles. The molecule has 118 valence electrons. The second kappa shape index (κ2) is 6.12. The molecule has 1 fully saturated rings. The Kier molecular flexibility index (Phi) is 3.83. The lowest BCUT2D eigenvalue weighted by Crippen LogP contribution is -2.02. The van der Waals surface area contributed by atoms with Crippen LogP contribution < -0.4 is 5.56 Å². The highest BCUT2D eigenvalue weighted by molar-refractivity contribution is 7.10. The van der Waals surface area contributed by atoms with Crippen LogP contribution in [0.1, 0.15) is 42.9 Å². The summed E-state index contributed by atoms with van der Waals surface area (Å²) in [5.41, 5.74) is 1.58. The Balaban J connectivity index is 1.58. The highest BCUT2D eigenvalue weighted by Crippen LogP contribution is 2.38. The van der Waals surface area contributed by atoms with Crippen molar-refractivity contribution in [1.82, 2.24) is 15.1 Å². The molecule has 5 nitrogen and oxygen atoms in total. The van der Waals surface area contributed by atoms with Crippen LogP contribution in [-0.4, -0.2) is 15.1 Å². The average Bonchev–Trinajstić information content (AvgIpc) is 3.26. The fraction of sp³-hybridized carbons (Fsp3) is 0.353. The Morgan fingerprint density at radius 2 is 2.04 bits per heavy atom. The maximum atomic E-state index is 11.1. The average molecular weight is 327 g/mol. The van der Waals surface area contributed by atoms with Crippen LogP contribution >= 0.6 is 11.3 Å². The summed E-state index contributed by atoms with van der Waals surface area (Å²) in [5, 5.41) is 6.10. The molecule has 3 aromatic rings. The second-order valence-corrected chi connectivity index (χ2v) is 6.88. The molecule has 0 spiro atoms. The molecule has 0 aromatic carbocycles. The minimum Gasteiger partial charge on any atom is -0.334 e. The van der Waals surface area contributed by atoms with Gasteiger partial charge in [-0.25, -0.2) is 0 Å². The van der Waals surface area contributed by atoms with E-state index in [1.54, 1.807) is 23.6 Å². The fourth-order valence-electron chi connectivity index (χ4n) is 3.07. The van der Waals surface area contributed by atoms with Gasteiger partial charge in [0.2, 0.25) is 11.4 Å². The Hall–Kier alpha value is -2.21. The van der Waals surface area contributed by atoms with E-state index in [9.17, 15) is 4.79 Å². The van der Waals surface area contributed by atoms with Crippen molar-refractivity contribution in [2.75, 3.05) is 0 Å². The van der Waals surface area contributed by atoms with E-state index in [1.807, 2.05) is 0 Å². The Morgan fingerprint density at radius 3 is 2.83 bits per heavy atom. The first kappa shape index (κ1) is 14.4. The van der Waals surface area contributed by atoms with E-state index in [1.165, 1.54) is 43.0 Å². The maximum Gasteiger partial charge on any atom is 0.259 e. The van der Waals surface area contributed by atoms with E-state index in [0.717, 1.165) is 11.1 Å². The zero-order valence-electron chi connectivity index (χ0n) is 12.6. The van der Waals surface area contributed by atoms with Crippen LogP contribution in [0, 0.1) is 0 Å². The Labute approximate surface area is 137 Å². The van der Waals surface area contributed by atoms with E-state index < -0.39 is 0 Å². The number of rotatable bonds is 3. The van der Waals surface area contributed by atoms with E-state index in [4.69, 9.17) is 4.52 Å². The lowest BCUT2D eigenvalue weighted by atomic mass is 9.88. The van der Waals surface area contributed by atoms with E-state index >= 15 is 0 Å².